The van der Waals surface area contributed by atoms with Crippen molar-refractivity contribution in [3.05, 3.63) is 96.3 Å². The molecule has 0 aliphatic rings. The quantitative estimate of drug-likeness (QED) is 0.288. The lowest BCUT2D eigenvalue weighted by Gasteiger charge is -2.06. The summed E-state index contributed by atoms with van der Waals surface area (Å²) in [5.74, 6) is 0.792. The van der Waals surface area contributed by atoms with Gasteiger partial charge in [-0.15, -0.1) is 0 Å². The zero-order valence-electron chi connectivity index (χ0n) is 15.2. The summed E-state index contributed by atoms with van der Waals surface area (Å²) in [6.45, 7) is 0. The fraction of sp³-hybridized carbons (Fsp3) is 0. The molecule has 140 valence electrons. The number of halogens is 1. The molecule has 0 N–H and O–H groups in total. The van der Waals surface area contributed by atoms with E-state index in [1.165, 1.54) is 0 Å². The van der Waals surface area contributed by atoms with Crippen molar-refractivity contribution >= 4 is 34.5 Å². The molecule has 3 nitrogen and oxygen atoms in total. The first-order valence-corrected chi connectivity index (χ1v) is 10.3. The second-order valence-corrected chi connectivity index (χ2v) is 7.96. The third kappa shape index (κ3) is 3.53. The number of fused-ring (bicyclic) bond motifs is 1. The SMILES string of the molecule is Clc1cccc(Sc2ncnc3oc(-c4ccccc4)c(-c4ccccc4)c23)c1. The summed E-state index contributed by atoms with van der Waals surface area (Å²) >= 11 is 7.73. The van der Waals surface area contributed by atoms with E-state index in [2.05, 4.69) is 22.1 Å². The molecule has 0 amide bonds. The molecule has 0 bridgehead atoms. The van der Waals surface area contributed by atoms with Gasteiger partial charge in [-0.25, -0.2) is 9.97 Å². The van der Waals surface area contributed by atoms with Crippen molar-refractivity contribution in [1.29, 1.82) is 0 Å². The Balaban J connectivity index is 1.77. The van der Waals surface area contributed by atoms with E-state index in [1.54, 1.807) is 18.1 Å². The highest BCUT2D eigenvalue weighted by atomic mass is 35.5. The van der Waals surface area contributed by atoms with Gasteiger partial charge in [-0.3, -0.25) is 0 Å². The highest BCUT2D eigenvalue weighted by molar-refractivity contribution is 7.99. The Morgan fingerprint density at radius 3 is 2.21 bits per heavy atom. The van der Waals surface area contributed by atoms with Gasteiger partial charge in [0.05, 0.1) is 5.39 Å². The van der Waals surface area contributed by atoms with E-state index >= 15 is 0 Å². The zero-order chi connectivity index (χ0) is 19.6. The van der Waals surface area contributed by atoms with E-state index in [0.29, 0.717) is 10.7 Å². The molecule has 2 heterocycles. The molecular weight excluding hydrogens is 400 g/mol. The van der Waals surface area contributed by atoms with E-state index in [9.17, 15) is 0 Å². The summed E-state index contributed by atoms with van der Waals surface area (Å²) in [6.07, 6.45) is 1.54. The van der Waals surface area contributed by atoms with Crippen LogP contribution in [0.3, 0.4) is 0 Å². The van der Waals surface area contributed by atoms with E-state index in [1.807, 2.05) is 72.8 Å². The standard InChI is InChI=1S/C24H15ClN2OS/c25-18-12-7-13-19(14-18)29-24-21-20(16-8-3-1-4-9-16)22(17-10-5-2-6-11-17)28-23(21)26-15-27-24/h1-15H. The van der Waals surface area contributed by atoms with Gasteiger partial charge in [-0.05, 0) is 23.8 Å². The summed E-state index contributed by atoms with van der Waals surface area (Å²) in [7, 11) is 0. The van der Waals surface area contributed by atoms with Gasteiger partial charge in [0.2, 0.25) is 5.71 Å². The number of nitrogens with zero attached hydrogens (tertiary/aromatic N) is 2. The lowest BCUT2D eigenvalue weighted by atomic mass is 10.00. The molecular formula is C24H15ClN2OS. The first-order valence-electron chi connectivity index (χ1n) is 9.11. The summed E-state index contributed by atoms with van der Waals surface area (Å²) < 4.78 is 6.25. The van der Waals surface area contributed by atoms with Crippen LogP contribution in [0.5, 0.6) is 0 Å². The van der Waals surface area contributed by atoms with Crippen LogP contribution in [-0.4, -0.2) is 9.97 Å². The number of furan rings is 1. The van der Waals surface area contributed by atoms with Crippen LogP contribution < -0.4 is 0 Å². The van der Waals surface area contributed by atoms with Crippen molar-refractivity contribution in [3.63, 3.8) is 0 Å². The smallest absolute Gasteiger partial charge is 0.231 e. The van der Waals surface area contributed by atoms with Crippen molar-refractivity contribution in [3.8, 4) is 22.5 Å². The highest BCUT2D eigenvalue weighted by Crippen LogP contribution is 2.44. The van der Waals surface area contributed by atoms with Crippen LogP contribution in [0, 0.1) is 0 Å². The topological polar surface area (TPSA) is 38.9 Å². The summed E-state index contributed by atoms with van der Waals surface area (Å²) in [5, 5.41) is 2.44. The van der Waals surface area contributed by atoms with Crippen molar-refractivity contribution in [1.82, 2.24) is 9.97 Å². The van der Waals surface area contributed by atoms with Gasteiger partial charge < -0.3 is 4.42 Å². The maximum Gasteiger partial charge on any atom is 0.231 e. The Morgan fingerprint density at radius 1 is 0.759 bits per heavy atom. The molecule has 0 saturated carbocycles. The molecule has 5 aromatic rings. The lowest BCUT2D eigenvalue weighted by molar-refractivity contribution is 0.617. The second-order valence-electron chi connectivity index (χ2n) is 6.46. The van der Waals surface area contributed by atoms with Gasteiger partial charge in [0.25, 0.3) is 0 Å². The maximum atomic E-state index is 6.25. The Labute approximate surface area is 177 Å². The van der Waals surface area contributed by atoms with E-state index in [0.717, 1.165) is 37.8 Å². The fourth-order valence-corrected chi connectivity index (χ4v) is 4.50. The van der Waals surface area contributed by atoms with Crippen LogP contribution >= 0.6 is 23.4 Å². The minimum Gasteiger partial charge on any atom is -0.437 e. The van der Waals surface area contributed by atoms with Crippen molar-refractivity contribution in [2.45, 2.75) is 9.92 Å². The van der Waals surface area contributed by atoms with Crippen molar-refractivity contribution in [2.75, 3.05) is 0 Å². The molecule has 0 radical (unpaired) electrons. The molecule has 0 fully saturated rings. The predicted octanol–water partition coefficient (Wildman–Crippen LogP) is 7.36. The third-order valence-electron chi connectivity index (χ3n) is 4.56. The third-order valence-corrected chi connectivity index (χ3v) is 5.79. The first kappa shape index (κ1) is 18.0. The normalized spacial score (nSPS) is 11.1. The van der Waals surface area contributed by atoms with Crippen LogP contribution in [0.2, 0.25) is 5.02 Å². The predicted molar refractivity (Wildman–Crippen MR) is 118 cm³/mol. The van der Waals surface area contributed by atoms with E-state index in [-0.39, 0.29) is 0 Å². The molecule has 2 aromatic heterocycles. The Morgan fingerprint density at radius 2 is 1.48 bits per heavy atom. The van der Waals surface area contributed by atoms with Gasteiger partial charge in [0.1, 0.15) is 17.1 Å². The number of aromatic nitrogens is 2. The molecule has 0 atom stereocenters. The molecule has 0 aliphatic carbocycles. The molecule has 0 aliphatic heterocycles. The van der Waals surface area contributed by atoms with E-state index < -0.39 is 0 Å². The van der Waals surface area contributed by atoms with E-state index in [4.69, 9.17) is 16.0 Å². The molecule has 5 rings (SSSR count). The van der Waals surface area contributed by atoms with Crippen LogP contribution in [0.1, 0.15) is 0 Å². The van der Waals surface area contributed by atoms with Crippen molar-refractivity contribution < 1.29 is 4.42 Å². The fourth-order valence-electron chi connectivity index (χ4n) is 3.30. The van der Waals surface area contributed by atoms with Gasteiger partial charge in [0.15, 0.2) is 0 Å². The molecule has 0 saturated heterocycles. The average Bonchev–Trinajstić information content (AvgIpc) is 3.16. The van der Waals surface area contributed by atoms with Crippen LogP contribution in [0.25, 0.3) is 33.6 Å². The summed E-state index contributed by atoms with van der Waals surface area (Å²) in [4.78, 5) is 10.0. The lowest BCUT2D eigenvalue weighted by Crippen LogP contribution is -1.87. The molecule has 29 heavy (non-hydrogen) atoms. The number of benzene rings is 3. The Hall–Kier alpha value is -3.08. The number of hydrogen-bond donors (Lipinski definition) is 0. The molecule has 3 aromatic carbocycles. The van der Waals surface area contributed by atoms with Gasteiger partial charge in [0, 0.05) is 21.0 Å². The largest absolute Gasteiger partial charge is 0.437 e. The molecule has 0 unspecified atom stereocenters. The van der Waals surface area contributed by atoms with Crippen molar-refractivity contribution in [2.24, 2.45) is 0 Å². The Bertz CT molecular complexity index is 1290. The molecule has 5 heteroatoms. The van der Waals surface area contributed by atoms with Gasteiger partial charge >= 0.3 is 0 Å². The second kappa shape index (κ2) is 7.74. The average molecular weight is 415 g/mol. The number of rotatable bonds is 4. The maximum absolute atomic E-state index is 6.25. The number of hydrogen-bond acceptors (Lipinski definition) is 4. The van der Waals surface area contributed by atoms with Crippen LogP contribution in [-0.2, 0) is 0 Å². The Kier molecular flexibility index (Phi) is 4.80. The summed E-state index contributed by atoms with van der Waals surface area (Å²) in [5.41, 5.74) is 3.63. The van der Waals surface area contributed by atoms with Crippen LogP contribution in [0.4, 0.5) is 0 Å². The van der Waals surface area contributed by atoms with Crippen LogP contribution in [0.15, 0.2) is 106 Å². The van der Waals surface area contributed by atoms with Gasteiger partial charge in [-0.2, -0.15) is 0 Å². The first-order chi connectivity index (χ1) is 14.3. The minimum absolute atomic E-state index is 0.572. The monoisotopic (exact) mass is 414 g/mol. The van der Waals surface area contributed by atoms with Gasteiger partial charge in [-0.1, -0.05) is 90.1 Å². The zero-order valence-corrected chi connectivity index (χ0v) is 16.8. The molecule has 0 spiro atoms. The minimum atomic E-state index is 0.572. The highest BCUT2D eigenvalue weighted by Gasteiger charge is 2.22. The summed E-state index contributed by atoms with van der Waals surface area (Å²) in [6, 6.07) is 28.1.